The molecule has 1 aromatic heterocycles. The molecule has 1 aromatic carbocycles. The van der Waals surface area contributed by atoms with Crippen LogP contribution in [0.2, 0.25) is 0 Å². The van der Waals surface area contributed by atoms with Gasteiger partial charge < -0.3 is 19.2 Å². The normalized spacial score (nSPS) is 10.4. The van der Waals surface area contributed by atoms with Crippen LogP contribution in [0.5, 0.6) is 5.75 Å². The molecule has 0 bridgehead atoms. The molecule has 1 heterocycles. The molecule has 0 saturated carbocycles. The first kappa shape index (κ1) is 22.9. The molecular weight excluding hydrogens is 390 g/mol. The maximum Gasteiger partial charge on any atom is 0.355 e. The van der Waals surface area contributed by atoms with Crippen LogP contribution >= 0.6 is 0 Å². The summed E-state index contributed by atoms with van der Waals surface area (Å²) in [7, 11) is 0. The zero-order valence-corrected chi connectivity index (χ0v) is 17.5. The van der Waals surface area contributed by atoms with Gasteiger partial charge in [0.1, 0.15) is 11.4 Å². The summed E-state index contributed by atoms with van der Waals surface area (Å²) in [5, 5.41) is 0. The van der Waals surface area contributed by atoms with Crippen molar-refractivity contribution in [2.24, 2.45) is 0 Å². The smallest absolute Gasteiger partial charge is 0.355 e. The van der Waals surface area contributed by atoms with Crippen LogP contribution in [-0.2, 0) is 14.3 Å². The number of H-pyrrole nitrogens is 1. The largest absolute Gasteiger partial charge is 0.493 e. The maximum absolute atomic E-state index is 12.5. The number of carbonyl (C=O) groups excluding carboxylic acids is 4. The van der Waals surface area contributed by atoms with E-state index in [4.69, 9.17) is 14.2 Å². The third-order valence-electron chi connectivity index (χ3n) is 4.40. The number of esters is 2. The highest BCUT2D eigenvalue weighted by Crippen LogP contribution is 2.19. The highest BCUT2D eigenvalue weighted by Gasteiger charge is 2.23. The lowest BCUT2D eigenvalue weighted by atomic mass is 10.1. The average Bonchev–Trinajstić information content (AvgIpc) is 3.01. The van der Waals surface area contributed by atoms with Crippen molar-refractivity contribution in [3.05, 3.63) is 52.3 Å². The second-order valence-corrected chi connectivity index (χ2v) is 6.61. The second kappa shape index (κ2) is 10.4. The number of ether oxygens (including phenoxy) is 3. The Kier molecular flexibility index (Phi) is 7.91. The van der Waals surface area contributed by atoms with E-state index in [9.17, 15) is 19.2 Å². The minimum Gasteiger partial charge on any atom is -0.493 e. The molecule has 0 unspecified atom stereocenters. The molecule has 160 valence electrons. The van der Waals surface area contributed by atoms with Gasteiger partial charge in [0.05, 0.1) is 19.6 Å². The zero-order valence-electron chi connectivity index (χ0n) is 17.5. The third kappa shape index (κ3) is 5.79. The van der Waals surface area contributed by atoms with Crippen molar-refractivity contribution in [1.29, 1.82) is 0 Å². The Bertz CT molecular complexity index is 941. The van der Waals surface area contributed by atoms with Gasteiger partial charge in [-0.3, -0.25) is 14.4 Å². The zero-order chi connectivity index (χ0) is 22.3. The summed E-state index contributed by atoms with van der Waals surface area (Å²) in [4.78, 5) is 50.4. The van der Waals surface area contributed by atoms with Crippen LogP contribution in [0.3, 0.4) is 0 Å². The summed E-state index contributed by atoms with van der Waals surface area (Å²) < 4.78 is 15.4. The number of carbonyl (C=O) groups is 4. The van der Waals surface area contributed by atoms with Gasteiger partial charge >= 0.3 is 11.9 Å². The molecule has 1 N–H and O–H groups in total. The molecule has 2 aromatic rings. The van der Waals surface area contributed by atoms with E-state index in [-0.39, 0.29) is 31.1 Å². The first-order valence-electron chi connectivity index (χ1n) is 9.53. The van der Waals surface area contributed by atoms with Gasteiger partial charge in [-0.2, -0.15) is 0 Å². The highest BCUT2D eigenvalue weighted by atomic mass is 16.5. The number of rotatable bonds is 10. The molecule has 0 aliphatic heterocycles. The molecule has 0 amide bonds. The Morgan fingerprint density at radius 1 is 1.00 bits per heavy atom. The van der Waals surface area contributed by atoms with E-state index in [1.807, 2.05) is 0 Å². The van der Waals surface area contributed by atoms with Gasteiger partial charge in [0, 0.05) is 16.8 Å². The minimum absolute atomic E-state index is 0.0408. The van der Waals surface area contributed by atoms with E-state index in [2.05, 4.69) is 4.98 Å². The summed E-state index contributed by atoms with van der Waals surface area (Å²) in [5.41, 5.74) is 2.07. The van der Waals surface area contributed by atoms with E-state index in [0.29, 0.717) is 28.1 Å². The van der Waals surface area contributed by atoms with E-state index < -0.39 is 24.3 Å². The van der Waals surface area contributed by atoms with Crippen LogP contribution in [0.15, 0.2) is 24.3 Å². The van der Waals surface area contributed by atoms with Crippen molar-refractivity contribution >= 4 is 23.5 Å². The minimum atomic E-state index is -0.583. The number of aryl methyl sites for hydroxylation is 1. The molecule has 0 aliphatic rings. The summed E-state index contributed by atoms with van der Waals surface area (Å²) in [6.07, 6.45) is -0.0408. The number of hydrogen-bond donors (Lipinski definition) is 1. The van der Waals surface area contributed by atoms with Crippen LogP contribution in [-0.4, -0.2) is 48.3 Å². The van der Waals surface area contributed by atoms with Crippen molar-refractivity contribution < 1.29 is 33.4 Å². The van der Waals surface area contributed by atoms with Crippen LogP contribution in [0.4, 0.5) is 0 Å². The quantitative estimate of drug-likeness (QED) is 0.468. The standard InChI is InChI=1S/C22H25NO7/c1-5-28-22(27)21-13(2)20(14(3)23-21)18(25)12-30-19(26)10-11-29-17-8-6-16(7-9-17)15(4)24/h6-9,23H,5,10-12H2,1-4H3. The van der Waals surface area contributed by atoms with Crippen LogP contribution in [0.1, 0.15) is 62.7 Å². The lowest BCUT2D eigenvalue weighted by Crippen LogP contribution is -2.17. The average molecular weight is 415 g/mol. The fourth-order valence-corrected chi connectivity index (χ4v) is 2.90. The first-order valence-corrected chi connectivity index (χ1v) is 9.53. The van der Waals surface area contributed by atoms with Gasteiger partial charge in [0.15, 0.2) is 12.4 Å². The van der Waals surface area contributed by atoms with Crippen molar-refractivity contribution in [2.45, 2.75) is 34.1 Å². The van der Waals surface area contributed by atoms with Crippen molar-refractivity contribution in [3.63, 3.8) is 0 Å². The van der Waals surface area contributed by atoms with Gasteiger partial charge in [-0.15, -0.1) is 0 Å². The maximum atomic E-state index is 12.5. The number of benzene rings is 1. The number of aromatic nitrogens is 1. The summed E-state index contributed by atoms with van der Waals surface area (Å²) in [6.45, 7) is 6.32. The summed E-state index contributed by atoms with van der Waals surface area (Å²) >= 11 is 0. The van der Waals surface area contributed by atoms with Gasteiger partial charge in [0.2, 0.25) is 5.78 Å². The molecule has 0 fully saturated rings. The summed E-state index contributed by atoms with van der Waals surface area (Å²) in [6, 6.07) is 6.57. The fourth-order valence-electron chi connectivity index (χ4n) is 2.90. The Morgan fingerprint density at radius 2 is 1.67 bits per heavy atom. The van der Waals surface area contributed by atoms with Crippen molar-refractivity contribution in [1.82, 2.24) is 4.98 Å². The van der Waals surface area contributed by atoms with Crippen LogP contribution in [0, 0.1) is 13.8 Å². The van der Waals surface area contributed by atoms with Crippen LogP contribution in [0.25, 0.3) is 0 Å². The fraction of sp³-hybridized carbons (Fsp3) is 0.364. The molecule has 0 spiro atoms. The predicted molar refractivity (Wildman–Crippen MR) is 108 cm³/mol. The molecule has 8 nitrogen and oxygen atoms in total. The molecule has 0 atom stereocenters. The number of aromatic amines is 1. The third-order valence-corrected chi connectivity index (χ3v) is 4.40. The Balaban J connectivity index is 1.84. The molecule has 2 rings (SSSR count). The SMILES string of the molecule is CCOC(=O)c1[nH]c(C)c(C(=O)COC(=O)CCOc2ccc(C(C)=O)cc2)c1C. The molecule has 8 heteroatoms. The highest BCUT2D eigenvalue weighted by molar-refractivity contribution is 6.03. The van der Waals surface area contributed by atoms with Crippen LogP contribution < -0.4 is 4.74 Å². The van der Waals surface area contributed by atoms with Gasteiger partial charge in [-0.1, -0.05) is 0 Å². The number of Topliss-reactive ketones (excluding diaryl/α,β-unsaturated/α-hetero) is 2. The lowest BCUT2D eigenvalue weighted by molar-refractivity contribution is -0.143. The number of nitrogens with one attached hydrogen (secondary N) is 1. The van der Waals surface area contributed by atoms with Gasteiger partial charge in [-0.25, -0.2) is 4.79 Å². The molecule has 30 heavy (non-hydrogen) atoms. The van der Waals surface area contributed by atoms with E-state index in [1.54, 1.807) is 45.0 Å². The molecule has 0 radical (unpaired) electrons. The topological polar surface area (TPSA) is 112 Å². The number of hydrogen-bond acceptors (Lipinski definition) is 7. The van der Waals surface area contributed by atoms with E-state index >= 15 is 0 Å². The monoisotopic (exact) mass is 415 g/mol. The Labute approximate surface area is 174 Å². The van der Waals surface area contributed by atoms with Gasteiger partial charge in [0.25, 0.3) is 0 Å². The summed E-state index contributed by atoms with van der Waals surface area (Å²) in [5.74, 6) is -1.06. The Hall–Kier alpha value is -3.42. The van der Waals surface area contributed by atoms with Crippen molar-refractivity contribution in [3.8, 4) is 5.75 Å². The molecule has 0 aliphatic carbocycles. The number of ketones is 2. The molecular formula is C22H25NO7. The van der Waals surface area contributed by atoms with Crippen molar-refractivity contribution in [2.75, 3.05) is 19.8 Å². The van der Waals surface area contributed by atoms with E-state index in [0.717, 1.165) is 0 Å². The van der Waals surface area contributed by atoms with Gasteiger partial charge in [-0.05, 0) is 57.5 Å². The lowest BCUT2D eigenvalue weighted by Gasteiger charge is -2.07. The Morgan fingerprint density at radius 3 is 2.27 bits per heavy atom. The van der Waals surface area contributed by atoms with E-state index in [1.165, 1.54) is 6.92 Å². The first-order chi connectivity index (χ1) is 14.2. The second-order valence-electron chi connectivity index (χ2n) is 6.61. The predicted octanol–water partition coefficient (Wildman–Crippen LogP) is 3.21. The molecule has 0 saturated heterocycles.